The first-order chi connectivity index (χ1) is 12.1. The normalized spacial score (nSPS) is 22.6. The van der Waals surface area contributed by atoms with Crippen molar-refractivity contribution >= 4 is 5.69 Å². The van der Waals surface area contributed by atoms with Crippen LogP contribution < -0.4 is 10.5 Å². The Morgan fingerprint density at radius 1 is 1.16 bits per heavy atom. The van der Waals surface area contributed by atoms with E-state index in [1.165, 1.54) is 23.1 Å². The van der Waals surface area contributed by atoms with Crippen LogP contribution in [0.25, 0.3) is 11.1 Å². The molecule has 4 nitrogen and oxygen atoms in total. The molecule has 0 spiro atoms. The number of fused-ring (bicyclic) bond motifs is 1. The van der Waals surface area contributed by atoms with Crippen LogP contribution in [0.2, 0.25) is 0 Å². The highest BCUT2D eigenvalue weighted by Crippen LogP contribution is 2.38. The number of aliphatic hydroxyl groups is 1. The Labute approximate surface area is 149 Å². The van der Waals surface area contributed by atoms with Gasteiger partial charge in [-0.2, -0.15) is 0 Å². The van der Waals surface area contributed by atoms with E-state index in [2.05, 4.69) is 18.0 Å². The van der Waals surface area contributed by atoms with Crippen molar-refractivity contribution in [3.63, 3.8) is 0 Å². The summed E-state index contributed by atoms with van der Waals surface area (Å²) in [6.07, 6.45) is 8.56. The Morgan fingerprint density at radius 3 is 2.76 bits per heavy atom. The third-order valence-electron chi connectivity index (χ3n) is 5.59. The summed E-state index contributed by atoms with van der Waals surface area (Å²) >= 11 is 0. The third-order valence-corrected chi connectivity index (χ3v) is 5.59. The Hall–Kier alpha value is -2.07. The number of hydrogen-bond donors (Lipinski definition) is 2. The van der Waals surface area contributed by atoms with Crippen molar-refractivity contribution < 1.29 is 9.84 Å². The Kier molecular flexibility index (Phi) is 4.38. The minimum absolute atomic E-state index is 0.143. The molecule has 4 rings (SSSR count). The van der Waals surface area contributed by atoms with Gasteiger partial charge in [0.15, 0.2) is 0 Å². The molecule has 0 radical (unpaired) electrons. The van der Waals surface area contributed by atoms with E-state index in [1.807, 2.05) is 12.1 Å². The molecule has 1 aromatic carbocycles. The van der Waals surface area contributed by atoms with Crippen LogP contribution in [0.1, 0.15) is 48.8 Å². The van der Waals surface area contributed by atoms with Gasteiger partial charge < -0.3 is 15.6 Å². The van der Waals surface area contributed by atoms with Crippen LogP contribution in [0, 0.1) is 6.92 Å². The fraction of sp³-hybridized carbons (Fsp3) is 0.476. The van der Waals surface area contributed by atoms with Gasteiger partial charge in [0, 0.05) is 23.5 Å². The molecule has 2 aliphatic rings. The lowest BCUT2D eigenvalue weighted by Gasteiger charge is -2.25. The zero-order chi connectivity index (χ0) is 17.4. The van der Waals surface area contributed by atoms with Crippen LogP contribution >= 0.6 is 0 Å². The number of pyridine rings is 1. The first-order valence-corrected chi connectivity index (χ1v) is 9.34. The first-order valence-electron chi connectivity index (χ1n) is 9.34. The molecule has 2 aromatic rings. The van der Waals surface area contributed by atoms with Gasteiger partial charge in [-0.3, -0.25) is 0 Å². The van der Waals surface area contributed by atoms with Crippen LogP contribution in [-0.4, -0.2) is 22.3 Å². The van der Waals surface area contributed by atoms with Gasteiger partial charge in [0.1, 0.15) is 6.10 Å². The van der Waals surface area contributed by atoms with Crippen molar-refractivity contribution in [1.29, 1.82) is 0 Å². The van der Waals surface area contributed by atoms with Gasteiger partial charge in [-0.05, 0) is 80.2 Å². The number of ether oxygens (including phenoxy) is 1. The Bertz CT molecular complexity index is 780. The molecule has 0 atom stereocenters. The van der Waals surface area contributed by atoms with E-state index in [0.29, 0.717) is 5.88 Å². The van der Waals surface area contributed by atoms with Crippen molar-refractivity contribution in [2.24, 2.45) is 0 Å². The fourth-order valence-electron chi connectivity index (χ4n) is 4.28. The minimum atomic E-state index is -0.173. The average molecular weight is 338 g/mol. The number of aryl methyl sites for hydroxylation is 2. The molecular weight excluding hydrogens is 312 g/mol. The zero-order valence-corrected chi connectivity index (χ0v) is 14.8. The molecule has 0 unspecified atom stereocenters. The number of anilines is 1. The third kappa shape index (κ3) is 3.23. The quantitative estimate of drug-likeness (QED) is 0.835. The van der Waals surface area contributed by atoms with Gasteiger partial charge in [0.2, 0.25) is 5.88 Å². The number of aromatic nitrogens is 1. The van der Waals surface area contributed by atoms with Crippen LogP contribution in [0.4, 0.5) is 5.69 Å². The molecular formula is C21H26N2O2. The van der Waals surface area contributed by atoms with Crippen molar-refractivity contribution in [3.8, 4) is 17.0 Å². The predicted molar refractivity (Wildman–Crippen MR) is 99.7 cm³/mol. The van der Waals surface area contributed by atoms with E-state index in [0.717, 1.165) is 55.3 Å². The molecule has 0 saturated heterocycles. The van der Waals surface area contributed by atoms with E-state index in [9.17, 15) is 5.11 Å². The number of nitrogen functional groups attached to an aromatic ring is 1. The average Bonchev–Trinajstić information content (AvgIpc) is 3.06. The highest BCUT2D eigenvalue weighted by Gasteiger charge is 2.22. The molecule has 4 heteroatoms. The summed E-state index contributed by atoms with van der Waals surface area (Å²) in [4.78, 5) is 4.38. The second kappa shape index (κ2) is 6.68. The summed E-state index contributed by atoms with van der Waals surface area (Å²) in [7, 11) is 0. The molecule has 132 valence electrons. The molecule has 1 aromatic heterocycles. The predicted octanol–water partition coefficient (Wildman–Crippen LogP) is 3.81. The summed E-state index contributed by atoms with van der Waals surface area (Å²) in [5, 5.41) is 9.64. The van der Waals surface area contributed by atoms with Gasteiger partial charge >= 0.3 is 0 Å². The molecule has 1 fully saturated rings. The van der Waals surface area contributed by atoms with E-state index < -0.39 is 0 Å². The zero-order valence-electron chi connectivity index (χ0n) is 14.8. The standard InChI is InChI=1S/C21H26N2O2/c1-13-11-14-3-2-4-18(14)21(22)20(13)15-9-10-23-19(12-15)25-17-7-5-16(24)6-8-17/h9-12,16-17,24H,2-8,22H2,1H3. The van der Waals surface area contributed by atoms with Crippen LogP contribution in [0.3, 0.4) is 0 Å². The van der Waals surface area contributed by atoms with Crippen LogP contribution in [-0.2, 0) is 12.8 Å². The van der Waals surface area contributed by atoms with E-state index >= 15 is 0 Å². The number of aliphatic hydroxyl groups excluding tert-OH is 1. The van der Waals surface area contributed by atoms with Crippen LogP contribution in [0.5, 0.6) is 5.88 Å². The van der Waals surface area contributed by atoms with Gasteiger partial charge in [-0.25, -0.2) is 4.98 Å². The van der Waals surface area contributed by atoms with Crippen molar-refractivity contribution in [2.75, 3.05) is 5.73 Å². The highest BCUT2D eigenvalue weighted by atomic mass is 16.5. The number of rotatable bonds is 3. The second-order valence-electron chi connectivity index (χ2n) is 7.40. The molecule has 2 aliphatic carbocycles. The number of nitrogens with zero attached hydrogens (tertiary/aromatic N) is 1. The molecule has 0 aliphatic heterocycles. The smallest absolute Gasteiger partial charge is 0.214 e. The van der Waals surface area contributed by atoms with Crippen molar-refractivity contribution in [1.82, 2.24) is 4.98 Å². The van der Waals surface area contributed by atoms with Gasteiger partial charge in [0.05, 0.1) is 6.10 Å². The summed E-state index contributed by atoms with van der Waals surface area (Å²) in [5.41, 5.74) is 13.6. The lowest BCUT2D eigenvalue weighted by molar-refractivity contribution is 0.0644. The second-order valence-corrected chi connectivity index (χ2v) is 7.40. The number of hydrogen-bond acceptors (Lipinski definition) is 4. The summed E-state index contributed by atoms with van der Waals surface area (Å²) in [6.45, 7) is 2.13. The monoisotopic (exact) mass is 338 g/mol. The minimum Gasteiger partial charge on any atom is -0.474 e. The summed E-state index contributed by atoms with van der Waals surface area (Å²) in [5.74, 6) is 0.651. The van der Waals surface area contributed by atoms with Crippen molar-refractivity contribution in [3.05, 3.63) is 41.1 Å². The highest BCUT2D eigenvalue weighted by molar-refractivity contribution is 5.83. The Balaban J connectivity index is 1.62. The first kappa shape index (κ1) is 16.4. The Morgan fingerprint density at radius 2 is 1.96 bits per heavy atom. The number of benzene rings is 1. The van der Waals surface area contributed by atoms with E-state index in [1.54, 1.807) is 6.20 Å². The van der Waals surface area contributed by atoms with Gasteiger partial charge in [-0.15, -0.1) is 0 Å². The molecule has 1 heterocycles. The van der Waals surface area contributed by atoms with Crippen LogP contribution in [0.15, 0.2) is 24.4 Å². The molecule has 0 amide bonds. The van der Waals surface area contributed by atoms with Crippen molar-refractivity contribution in [2.45, 2.75) is 64.1 Å². The summed E-state index contributed by atoms with van der Waals surface area (Å²) in [6, 6.07) is 6.31. The maximum Gasteiger partial charge on any atom is 0.214 e. The maximum atomic E-state index is 9.64. The fourth-order valence-corrected chi connectivity index (χ4v) is 4.28. The topological polar surface area (TPSA) is 68.4 Å². The molecule has 1 saturated carbocycles. The van der Waals surface area contributed by atoms with E-state index in [4.69, 9.17) is 10.5 Å². The maximum absolute atomic E-state index is 9.64. The number of nitrogens with two attached hydrogens (primary N) is 1. The van der Waals surface area contributed by atoms with E-state index in [-0.39, 0.29) is 12.2 Å². The lowest BCUT2D eigenvalue weighted by Crippen LogP contribution is -2.26. The summed E-state index contributed by atoms with van der Waals surface area (Å²) < 4.78 is 6.08. The molecule has 0 bridgehead atoms. The molecule has 3 N–H and O–H groups in total. The SMILES string of the molecule is Cc1cc2c(c(N)c1-c1ccnc(OC3CCC(O)CC3)c1)CCC2. The largest absolute Gasteiger partial charge is 0.474 e. The van der Waals surface area contributed by atoms with Gasteiger partial charge in [0.25, 0.3) is 0 Å². The van der Waals surface area contributed by atoms with Gasteiger partial charge in [-0.1, -0.05) is 6.07 Å². The lowest BCUT2D eigenvalue weighted by atomic mass is 9.93. The molecule has 25 heavy (non-hydrogen) atoms.